The van der Waals surface area contributed by atoms with Gasteiger partial charge in [0.1, 0.15) is 11.5 Å². The Labute approximate surface area is 221 Å². The Morgan fingerprint density at radius 2 is 0.919 bits per heavy atom. The van der Waals surface area contributed by atoms with Gasteiger partial charge in [0.2, 0.25) is 0 Å². The maximum atomic E-state index is 14.1. The van der Waals surface area contributed by atoms with Gasteiger partial charge < -0.3 is 9.47 Å². The van der Waals surface area contributed by atoms with Gasteiger partial charge in [0.15, 0.2) is 11.6 Å². The fourth-order valence-electron chi connectivity index (χ4n) is 5.76. The lowest BCUT2D eigenvalue weighted by atomic mass is 9.91. The van der Waals surface area contributed by atoms with Crippen LogP contribution in [0.4, 0.5) is 0 Å². The van der Waals surface area contributed by atoms with Crippen LogP contribution in [0.15, 0.2) is 48.5 Å². The minimum atomic E-state index is -0.332. The van der Waals surface area contributed by atoms with E-state index in [1.807, 2.05) is 48.5 Å². The van der Waals surface area contributed by atoms with Crippen molar-refractivity contribution in [3.05, 3.63) is 59.7 Å². The van der Waals surface area contributed by atoms with Crippen LogP contribution in [-0.2, 0) is 0 Å². The third-order valence-electron chi connectivity index (χ3n) is 7.96. The summed E-state index contributed by atoms with van der Waals surface area (Å²) in [5, 5.41) is 0. The molecular weight excluding hydrogens is 464 g/mol. The maximum absolute atomic E-state index is 14.1. The van der Waals surface area contributed by atoms with Crippen LogP contribution in [0.2, 0.25) is 0 Å². The van der Waals surface area contributed by atoms with Gasteiger partial charge in [-0.3, -0.25) is 19.4 Å². The molecule has 2 heterocycles. The van der Waals surface area contributed by atoms with Gasteiger partial charge in [-0.1, -0.05) is 25.7 Å². The molecule has 2 fully saturated rings. The Bertz CT molecular complexity index is 907. The van der Waals surface area contributed by atoms with Crippen molar-refractivity contribution in [2.75, 3.05) is 40.4 Å². The van der Waals surface area contributed by atoms with E-state index in [0.29, 0.717) is 17.5 Å². The highest BCUT2D eigenvalue weighted by atomic mass is 16.5. The lowest BCUT2D eigenvalue weighted by molar-refractivity contribution is 0.0656. The average Bonchev–Trinajstić information content (AvgIpc) is 3.39. The molecular formula is C31H42N2O4. The first-order valence-corrected chi connectivity index (χ1v) is 14.0. The monoisotopic (exact) mass is 506 g/mol. The largest absolute Gasteiger partial charge is 0.497 e. The molecule has 2 aromatic rings. The number of likely N-dealkylation sites (tertiary alicyclic amines) is 2. The zero-order valence-corrected chi connectivity index (χ0v) is 22.5. The van der Waals surface area contributed by atoms with Crippen molar-refractivity contribution in [3.8, 4) is 11.5 Å². The predicted molar refractivity (Wildman–Crippen MR) is 147 cm³/mol. The first-order chi connectivity index (χ1) is 18.1. The Morgan fingerprint density at radius 3 is 1.22 bits per heavy atom. The van der Waals surface area contributed by atoms with E-state index in [4.69, 9.17) is 9.47 Å². The summed E-state index contributed by atoms with van der Waals surface area (Å²) in [7, 11) is 3.26. The highest BCUT2D eigenvalue weighted by Crippen LogP contribution is 2.26. The molecule has 37 heavy (non-hydrogen) atoms. The number of methoxy groups -OCH3 is 2. The van der Waals surface area contributed by atoms with E-state index in [0.717, 1.165) is 63.4 Å². The number of nitrogens with zero attached hydrogens (tertiary/aromatic N) is 2. The zero-order valence-electron chi connectivity index (χ0n) is 22.5. The van der Waals surface area contributed by atoms with Crippen LogP contribution in [0.1, 0.15) is 78.5 Å². The molecule has 2 atom stereocenters. The van der Waals surface area contributed by atoms with Crippen molar-refractivity contribution in [2.45, 2.75) is 69.9 Å². The summed E-state index contributed by atoms with van der Waals surface area (Å²) in [6.07, 6.45) is 9.65. The van der Waals surface area contributed by atoms with Gasteiger partial charge in [0, 0.05) is 11.1 Å². The molecule has 2 aliphatic rings. The second kappa shape index (κ2) is 13.7. The number of rotatable bonds is 10. The summed E-state index contributed by atoms with van der Waals surface area (Å²) < 4.78 is 10.6. The number of hydrogen-bond donors (Lipinski definition) is 0. The van der Waals surface area contributed by atoms with Gasteiger partial charge in [-0.05, 0) is 107 Å². The standard InChI is InChI=1S/C31H42N2O4/c1-36-26-15-11-24(12-16-26)30(34)28(32-19-7-3-4-8-20-32)23-29(33-21-9-5-6-10-22-33)31(35)25-13-17-27(37-2)18-14-25/h11-18,28-29H,3-10,19-23H2,1-2H3/t28-,29-/m0/s1. The molecule has 0 unspecified atom stereocenters. The Balaban J connectivity index is 1.66. The minimum Gasteiger partial charge on any atom is -0.497 e. The summed E-state index contributed by atoms with van der Waals surface area (Å²) >= 11 is 0. The SMILES string of the molecule is COc1ccc(C(=O)[C@H](C[C@@H](C(=O)c2ccc(OC)cc2)N2CCCCCC2)N2CCCCCC2)cc1. The number of ether oxygens (including phenoxy) is 2. The van der Waals surface area contributed by atoms with Gasteiger partial charge in [-0.15, -0.1) is 0 Å². The number of carbonyl (C=O) groups excluding carboxylic acids is 2. The van der Waals surface area contributed by atoms with Gasteiger partial charge in [0.25, 0.3) is 0 Å². The smallest absolute Gasteiger partial charge is 0.180 e. The van der Waals surface area contributed by atoms with E-state index in [9.17, 15) is 9.59 Å². The summed E-state index contributed by atoms with van der Waals surface area (Å²) in [6, 6.07) is 14.2. The van der Waals surface area contributed by atoms with Crippen LogP contribution in [0.5, 0.6) is 11.5 Å². The predicted octanol–water partition coefficient (Wildman–Crippen LogP) is 5.65. The molecule has 2 saturated heterocycles. The number of hydrogen-bond acceptors (Lipinski definition) is 6. The third kappa shape index (κ3) is 7.20. The Kier molecular flexibility index (Phi) is 10.1. The van der Waals surface area contributed by atoms with Gasteiger partial charge in [-0.25, -0.2) is 0 Å². The van der Waals surface area contributed by atoms with Crippen LogP contribution in [0.3, 0.4) is 0 Å². The fraction of sp³-hybridized carbons (Fsp3) is 0.548. The third-order valence-corrected chi connectivity index (χ3v) is 7.96. The van der Waals surface area contributed by atoms with Crippen LogP contribution >= 0.6 is 0 Å². The number of carbonyl (C=O) groups is 2. The molecule has 0 amide bonds. The summed E-state index contributed by atoms with van der Waals surface area (Å²) in [4.78, 5) is 32.8. The zero-order chi connectivity index (χ0) is 26.0. The number of benzene rings is 2. The van der Waals surface area contributed by atoms with Crippen molar-refractivity contribution < 1.29 is 19.1 Å². The van der Waals surface area contributed by atoms with Gasteiger partial charge in [0.05, 0.1) is 26.3 Å². The summed E-state index contributed by atoms with van der Waals surface area (Å²) in [6.45, 7) is 3.60. The van der Waals surface area contributed by atoms with Gasteiger partial charge in [-0.2, -0.15) is 0 Å². The van der Waals surface area contributed by atoms with Crippen LogP contribution in [0.25, 0.3) is 0 Å². The molecule has 2 aromatic carbocycles. The molecule has 6 heteroatoms. The molecule has 0 bridgehead atoms. The lowest BCUT2D eigenvalue weighted by Gasteiger charge is -2.36. The fourth-order valence-corrected chi connectivity index (χ4v) is 5.76. The second-order valence-corrected chi connectivity index (χ2v) is 10.4. The molecule has 0 radical (unpaired) electrons. The topological polar surface area (TPSA) is 59.1 Å². The van der Waals surface area contributed by atoms with E-state index in [2.05, 4.69) is 9.80 Å². The molecule has 200 valence electrons. The van der Waals surface area contributed by atoms with Crippen LogP contribution in [0, 0.1) is 0 Å². The van der Waals surface area contributed by atoms with E-state index in [-0.39, 0.29) is 23.7 Å². The number of Topliss-reactive ketones (excluding diaryl/α,β-unsaturated/α-hetero) is 2. The van der Waals surface area contributed by atoms with E-state index in [1.165, 1.54) is 25.7 Å². The molecule has 0 saturated carbocycles. The highest BCUT2D eigenvalue weighted by Gasteiger charge is 2.36. The molecule has 0 aliphatic carbocycles. The Hall–Kier alpha value is -2.70. The van der Waals surface area contributed by atoms with Crippen molar-refractivity contribution in [1.29, 1.82) is 0 Å². The quantitative estimate of drug-likeness (QED) is 0.388. The molecule has 6 nitrogen and oxygen atoms in total. The lowest BCUT2D eigenvalue weighted by Crippen LogP contribution is -2.50. The van der Waals surface area contributed by atoms with E-state index < -0.39 is 0 Å². The van der Waals surface area contributed by atoms with Crippen molar-refractivity contribution in [3.63, 3.8) is 0 Å². The van der Waals surface area contributed by atoms with Crippen molar-refractivity contribution in [2.24, 2.45) is 0 Å². The van der Waals surface area contributed by atoms with Crippen molar-refractivity contribution >= 4 is 11.6 Å². The first kappa shape index (κ1) is 27.3. The highest BCUT2D eigenvalue weighted by molar-refractivity contribution is 6.03. The molecule has 0 aromatic heterocycles. The average molecular weight is 507 g/mol. The number of ketones is 2. The Morgan fingerprint density at radius 1 is 0.595 bits per heavy atom. The second-order valence-electron chi connectivity index (χ2n) is 10.4. The molecule has 0 N–H and O–H groups in total. The van der Waals surface area contributed by atoms with E-state index >= 15 is 0 Å². The van der Waals surface area contributed by atoms with Crippen LogP contribution < -0.4 is 9.47 Å². The van der Waals surface area contributed by atoms with E-state index in [1.54, 1.807) is 14.2 Å². The normalized spacial score (nSPS) is 19.3. The summed E-state index contributed by atoms with van der Waals surface area (Å²) in [5.41, 5.74) is 1.36. The molecule has 4 rings (SSSR count). The van der Waals surface area contributed by atoms with Gasteiger partial charge >= 0.3 is 0 Å². The maximum Gasteiger partial charge on any atom is 0.180 e. The first-order valence-electron chi connectivity index (χ1n) is 14.0. The molecule has 0 spiro atoms. The molecule has 2 aliphatic heterocycles. The minimum absolute atomic E-state index is 0.104. The van der Waals surface area contributed by atoms with Crippen LogP contribution in [-0.4, -0.2) is 73.8 Å². The summed E-state index contributed by atoms with van der Waals surface area (Å²) in [5.74, 6) is 1.68. The van der Waals surface area contributed by atoms with Crippen molar-refractivity contribution in [1.82, 2.24) is 9.80 Å².